The van der Waals surface area contributed by atoms with E-state index in [4.69, 9.17) is 16.3 Å². The minimum atomic E-state index is -0.562. The van der Waals surface area contributed by atoms with Crippen LogP contribution in [-0.2, 0) is 9.53 Å². The summed E-state index contributed by atoms with van der Waals surface area (Å²) >= 11 is 5.72. The quantitative estimate of drug-likeness (QED) is 0.584. The molecule has 6 heteroatoms. The molecule has 0 aliphatic rings. The maximum absolute atomic E-state index is 11.5. The van der Waals surface area contributed by atoms with Gasteiger partial charge in [-0.1, -0.05) is 11.6 Å². The van der Waals surface area contributed by atoms with Crippen molar-refractivity contribution in [2.45, 2.75) is 12.5 Å². The van der Waals surface area contributed by atoms with E-state index in [1.54, 1.807) is 24.4 Å². The predicted molar refractivity (Wildman–Crippen MR) is 73.8 cm³/mol. The molecule has 1 atom stereocenters. The molecule has 0 radical (unpaired) electrons. The second-order valence-electron chi connectivity index (χ2n) is 3.93. The van der Waals surface area contributed by atoms with Crippen molar-refractivity contribution in [1.29, 1.82) is 0 Å². The minimum absolute atomic E-state index is 0.224. The number of amides is 1. The topological polar surface area (TPSA) is 71.5 Å². The van der Waals surface area contributed by atoms with Gasteiger partial charge in [-0.2, -0.15) is 0 Å². The Morgan fingerprint density at radius 2 is 2.47 bits per heavy atom. The molecule has 1 amide bonds. The van der Waals surface area contributed by atoms with Crippen LogP contribution in [0, 0.1) is 0 Å². The number of hydrogen-bond donors (Lipinski definition) is 2. The SMILES string of the molecule is COCC(O)CCNC(=O)/C=C/c1ccnc(Cl)c1. The van der Waals surface area contributed by atoms with Crippen molar-refractivity contribution < 1.29 is 14.6 Å². The van der Waals surface area contributed by atoms with E-state index in [9.17, 15) is 9.90 Å². The summed E-state index contributed by atoms with van der Waals surface area (Å²) in [5.74, 6) is -0.224. The Labute approximate surface area is 117 Å². The smallest absolute Gasteiger partial charge is 0.244 e. The van der Waals surface area contributed by atoms with E-state index in [2.05, 4.69) is 10.3 Å². The third kappa shape index (κ3) is 6.91. The molecule has 1 heterocycles. The van der Waals surface area contributed by atoms with E-state index in [0.29, 0.717) is 18.1 Å². The average Bonchev–Trinajstić information content (AvgIpc) is 2.37. The molecule has 1 unspecified atom stereocenters. The largest absolute Gasteiger partial charge is 0.391 e. The van der Waals surface area contributed by atoms with Gasteiger partial charge in [0.25, 0.3) is 0 Å². The Bertz CT molecular complexity index is 438. The molecule has 19 heavy (non-hydrogen) atoms. The lowest BCUT2D eigenvalue weighted by Gasteiger charge is -2.08. The van der Waals surface area contributed by atoms with Crippen LogP contribution in [-0.4, -0.2) is 42.4 Å². The van der Waals surface area contributed by atoms with Gasteiger partial charge >= 0.3 is 0 Å². The van der Waals surface area contributed by atoms with E-state index in [-0.39, 0.29) is 12.5 Å². The van der Waals surface area contributed by atoms with Crippen molar-refractivity contribution >= 4 is 23.6 Å². The van der Waals surface area contributed by atoms with Gasteiger partial charge < -0.3 is 15.2 Å². The minimum Gasteiger partial charge on any atom is -0.391 e. The molecular formula is C13H17ClN2O3. The van der Waals surface area contributed by atoms with Gasteiger partial charge in [0.15, 0.2) is 0 Å². The molecule has 1 rings (SSSR count). The first kappa shape index (κ1) is 15.6. The molecule has 0 aliphatic carbocycles. The highest BCUT2D eigenvalue weighted by atomic mass is 35.5. The summed E-state index contributed by atoms with van der Waals surface area (Å²) in [4.78, 5) is 15.3. The highest BCUT2D eigenvalue weighted by Gasteiger charge is 2.03. The van der Waals surface area contributed by atoms with Crippen LogP contribution >= 0.6 is 11.6 Å². The number of ether oxygens (including phenoxy) is 1. The molecular weight excluding hydrogens is 268 g/mol. The summed E-state index contributed by atoms with van der Waals surface area (Å²) in [6, 6.07) is 3.41. The summed E-state index contributed by atoms with van der Waals surface area (Å²) < 4.78 is 4.78. The Balaban J connectivity index is 2.31. The van der Waals surface area contributed by atoms with Gasteiger partial charge in [0.2, 0.25) is 5.91 Å². The number of nitrogens with zero attached hydrogens (tertiary/aromatic N) is 1. The predicted octanol–water partition coefficient (Wildman–Crippen LogP) is 1.26. The second kappa shape index (κ2) is 8.63. The number of hydrogen-bond acceptors (Lipinski definition) is 4. The van der Waals surface area contributed by atoms with Crippen LogP contribution in [0.1, 0.15) is 12.0 Å². The summed E-state index contributed by atoms with van der Waals surface area (Å²) in [6.07, 6.45) is 4.52. The lowest BCUT2D eigenvalue weighted by molar-refractivity contribution is -0.116. The molecule has 1 aromatic rings. The molecule has 0 aliphatic heterocycles. The van der Waals surface area contributed by atoms with E-state index >= 15 is 0 Å². The highest BCUT2D eigenvalue weighted by molar-refractivity contribution is 6.29. The first-order valence-electron chi connectivity index (χ1n) is 5.86. The molecule has 2 N–H and O–H groups in total. The number of rotatable bonds is 7. The number of aliphatic hydroxyl groups excluding tert-OH is 1. The standard InChI is InChI=1S/C13H17ClN2O3/c1-19-9-11(17)5-7-16-13(18)3-2-10-4-6-15-12(14)8-10/h2-4,6,8,11,17H,5,7,9H2,1H3,(H,16,18)/b3-2+. The second-order valence-corrected chi connectivity index (χ2v) is 4.32. The Hall–Kier alpha value is -1.43. The van der Waals surface area contributed by atoms with E-state index in [1.165, 1.54) is 13.2 Å². The van der Waals surface area contributed by atoms with Crippen LogP contribution < -0.4 is 5.32 Å². The lowest BCUT2D eigenvalue weighted by Crippen LogP contribution is -2.27. The molecule has 0 bridgehead atoms. The Morgan fingerprint density at radius 1 is 1.68 bits per heavy atom. The van der Waals surface area contributed by atoms with Crippen LogP contribution in [0.5, 0.6) is 0 Å². The van der Waals surface area contributed by atoms with Crippen LogP contribution in [0.3, 0.4) is 0 Å². The van der Waals surface area contributed by atoms with Gasteiger partial charge in [0.1, 0.15) is 5.15 Å². The van der Waals surface area contributed by atoms with Gasteiger partial charge in [-0.05, 0) is 30.2 Å². The fraction of sp³-hybridized carbons (Fsp3) is 0.385. The Kier molecular flexibility index (Phi) is 7.10. The highest BCUT2D eigenvalue weighted by Crippen LogP contribution is 2.08. The van der Waals surface area contributed by atoms with Crippen LogP contribution in [0.15, 0.2) is 24.4 Å². The zero-order valence-electron chi connectivity index (χ0n) is 10.7. The van der Waals surface area contributed by atoms with Crippen molar-refractivity contribution in [1.82, 2.24) is 10.3 Å². The van der Waals surface area contributed by atoms with Gasteiger partial charge in [-0.25, -0.2) is 4.98 Å². The molecule has 104 valence electrons. The maximum atomic E-state index is 11.5. The Morgan fingerprint density at radius 3 is 3.16 bits per heavy atom. The van der Waals surface area contributed by atoms with E-state index in [0.717, 1.165) is 5.56 Å². The van der Waals surface area contributed by atoms with Crippen LogP contribution in [0.25, 0.3) is 6.08 Å². The molecule has 0 saturated heterocycles. The third-order valence-electron chi connectivity index (χ3n) is 2.31. The average molecular weight is 285 g/mol. The van der Waals surface area contributed by atoms with Gasteiger partial charge in [0, 0.05) is 25.9 Å². The van der Waals surface area contributed by atoms with Crippen molar-refractivity contribution in [3.05, 3.63) is 35.1 Å². The number of methoxy groups -OCH3 is 1. The monoisotopic (exact) mass is 284 g/mol. The first-order valence-corrected chi connectivity index (χ1v) is 6.24. The van der Waals surface area contributed by atoms with Crippen LogP contribution in [0.2, 0.25) is 5.15 Å². The first-order chi connectivity index (χ1) is 9.11. The summed E-state index contributed by atoms with van der Waals surface area (Å²) in [5.41, 5.74) is 0.801. The molecule has 0 spiro atoms. The summed E-state index contributed by atoms with van der Waals surface area (Å²) in [5, 5.41) is 12.4. The van der Waals surface area contributed by atoms with Gasteiger partial charge in [0.05, 0.1) is 12.7 Å². The summed E-state index contributed by atoms with van der Waals surface area (Å²) in [6.45, 7) is 0.659. The number of carbonyl (C=O) groups is 1. The molecule has 5 nitrogen and oxygen atoms in total. The number of halogens is 1. The normalized spacial score (nSPS) is 12.6. The number of carbonyl (C=O) groups excluding carboxylic acids is 1. The fourth-order valence-electron chi connectivity index (χ4n) is 1.39. The zero-order chi connectivity index (χ0) is 14.1. The number of aliphatic hydroxyl groups is 1. The van der Waals surface area contributed by atoms with Crippen LogP contribution in [0.4, 0.5) is 0 Å². The van der Waals surface area contributed by atoms with Crippen molar-refractivity contribution in [3.8, 4) is 0 Å². The number of aromatic nitrogens is 1. The fourth-order valence-corrected chi connectivity index (χ4v) is 1.57. The number of nitrogens with one attached hydrogen (secondary N) is 1. The molecule has 0 fully saturated rings. The van der Waals surface area contributed by atoms with Crippen molar-refractivity contribution in [2.24, 2.45) is 0 Å². The van der Waals surface area contributed by atoms with Gasteiger partial charge in [-0.15, -0.1) is 0 Å². The third-order valence-corrected chi connectivity index (χ3v) is 2.52. The van der Waals surface area contributed by atoms with Crippen molar-refractivity contribution in [2.75, 3.05) is 20.3 Å². The van der Waals surface area contributed by atoms with E-state index in [1.807, 2.05) is 0 Å². The van der Waals surface area contributed by atoms with Gasteiger partial charge in [-0.3, -0.25) is 4.79 Å². The zero-order valence-corrected chi connectivity index (χ0v) is 11.4. The number of pyridine rings is 1. The molecule has 0 aromatic carbocycles. The molecule has 1 aromatic heterocycles. The van der Waals surface area contributed by atoms with E-state index < -0.39 is 6.10 Å². The molecule has 0 saturated carbocycles. The van der Waals surface area contributed by atoms with Crippen molar-refractivity contribution in [3.63, 3.8) is 0 Å². The maximum Gasteiger partial charge on any atom is 0.244 e. The lowest BCUT2D eigenvalue weighted by atomic mass is 10.2. The summed E-state index contributed by atoms with van der Waals surface area (Å²) in [7, 11) is 1.52.